The van der Waals surface area contributed by atoms with Gasteiger partial charge in [-0.3, -0.25) is 0 Å². The molecule has 1 aliphatic carbocycles. The van der Waals surface area contributed by atoms with E-state index in [0.29, 0.717) is 4.99 Å². The van der Waals surface area contributed by atoms with Gasteiger partial charge in [0, 0.05) is 5.56 Å². The maximum absolute atomic E-state index is 5.66. The minimum absolute atomic E-state index is 0.431. The quantitative estimate of drug-likeness (QED) is 0.797. The second-order valence-corrected chi connectivity index (χ2v) is 4.76. The van der Waals surface area contributed by atoms with Crippen molar-refractivity contribution in [3.63, 3.8) is 0 Å². The van der Waals surface area contributed by atoms with Crippen molar-refractivity contribution in [2.75, 3.05) is 6.61 Å². The summed E-state index contributed by atoms with van der Waals surface area (Å²) in [6, 6.07) is 7.66. The lowest BCUT2D eigenvalue weighted by Crippen LogP contribution is -2.14. The third kappa shape index (κ3) is 2.95. The Hall–Kier alpha value is -1.09. The Labute approximate surface area is 102 Å². The van der Waals surface area contributed by atoms with E-state index in [-0.39, 0.29) is 0 Å². The fourth-order valence-corrected chi connectivity index (χ4v) is 1.98. The molecule has 1 aromatic rings. The Morgan fingerprint density at radius 1 is 1.31 bits per heavy atom. The summed E-state index contributed by atoms with van der Waals surface area (Å²) in [6.07, 6.45) is 5.33. The predicted molar refractivity (Wildman–Crippen MR) is 69.8 cm³/mol. The van der Waals surface area contributed by atoms with Crippen molar-refractivity contribution in [1.29, 1.82) is 0 Å². The molecule has 1 fully saturated rings. The predicted octanol–water partition coefficient (Wildman–Crippen LogP) is 2.89. The molecule has 1 saturated carbocycles. The Morgan fingerprint density at radius 2 is 2.00 bits per heavy atom. The maximum Gasteiger partial charge on any atom is 0.119 e. The Morgan fingerprint density at radius 3 is 2.50 bits per heavy atom. The first-order valence-corrected chi connectivity index (χ1v) is 6.19. The zero-order valence-electron chi connectivity index (χ0n) is 9.32. The standard InChI is InChI=1S/C13H17NOS/c14-13(16)11-4-6-12(7-5-11)15-9-8-10-2-1-3-10/h4-7,10H,1-3,8-9H2,(H2,14,16). The molecular formula is C13H17NOS. The van der Waals surface area contributed by atoms with Gasteiger partial charge in [0.2, 0.25) is 0 Å². The molecule has 1 aliphatic rings. The average molecular weight is 235 g/mol. The molecule has 2 rings (SSSR count). The number of hydrogen-bond acceptors (Lipinski definition) is 2. The van der Waals surface area contributed by atoms with E-state index in [0.717, 1.165) is 23.8 Å². The van der Waals surface area contributed by atoms with Crippen molar-refractivity contribution < 1.29 is 4.74 Å². The van der Waals surface area contributed by atoms with Gasteiger partial charge in [-0.2, -0.15) is 0 Å². The third-order valence-corrected chi connectivity index (χ3v) is 3.39. The van der Waals surface area contributed by atoms with E-state index >= 15 is 0 Å². The van der Waals surface area contributed by atoms with E-state index in [1.54, 1.807) is 0 Å². The molecule has 0 aromatic heterocycles. The highest BCUT2D eigenvalue weighted by atomic mass is 32.1. The van der Waals surface area contributed by atoms with E-state index in [4.69, 9.17) is 22.7 Å². The summed E-state index contributed by atoms with van der Waals surface area (Å²) in [6.45, 7) is 0.817. The molecule has 0 radical (unpaired) electrons. The summed E-state index contributed by atoms with van der Waals surface area (Å²) in [5.41, 5.74) is 6.41. The number of benzene rings is 1. The smallest absolute Gasteiger partial charge is 0.119 e. The van der Waals surface area contributed by atoms with Gasteiger partial charge in [0.1, 0.15) is 10.7 Å². The van der Waals surface area contributed by atoms with Crippen molar-refractivity contribution in [3.8, 4) is 5.75 Å². The first-order chi connectivity index (χ1) is 7.75. The van der Waals surface area contributed by atoms with Gasteiger partial charge in [-0.15, -0.1) is 0 Å². The molecule has 0 heterocycles. The van der Waals surface area contributed by atoms with Gasteiger partial charge in [0.25, 0.3) is 0 Å². The number of hydrogen-bond donors (Lipinski definition) is 1. The van der Waals surface area contributed by atoms with Crippen LogP contribution in [0.4, 0.5) is 0 Å². The minimum atomic E-state index is 0.431. The lowest BCUT2D eigenvalue weighted by atomic mass is 9.83. The SMILES string of the molecule is NC(=S)c1ccc(OCCC2CCC2)cc1. The molecule has 0 aliphatic heterocycles. The summed E-state index contributed by atoms with van der Waals surface area (Å²) in [4.78, 5) is 0.431. The molecule has 86 valence electrons. The zero-order valence-corrected chi connectivity index (χ0v) is 10.1. The van der Waals surface area contributed by atoms with Crippen molar-refractivity contribution >= 4 is 17.2 Å². The Bertz CT molecular complexity index is 357. The van der Waals surface area contributed by atoms with Crippen LogP contribution in [0.3, 0.4) is 0 Å². The molecule has 2 nitrogen and oxygen atoms in total. The number of ether oxygens (including phenoxy) is 1. The fraction of sp³-hybridized carbons (Fsp3) is 0.462. The van der Waals surface area contributed by atoms with E-state index in [9.17, 15) is 0 Å². The first-order valence-electron chi connectivity index (χ1n) is 5.78. The molecule has 0 unspecified atom stereocenters. The molecule has 0 spiro atoms. The first kappa shape index (κ1) is 11.4. The van der Waals surface area contributed by atoms with E-state index < -0.39 is 0 Å². The van der Waals surface area contributed by atoms with Crippen LogP contribution in [0.1, 0.15) is 31.2 Å². The fourth-order valence-electron chi connectivity index (χ4n) is 1.84. The topological polar surface area (TPSA) is 35.2 Å². The highest BCUT2D eigenvalue weighted by Gasteiger charge is 2.16. The number of thiocarbonyl (C=S) groups is 1. The van der Waals surface area contributed by atoms with Gasteiger partial charge >= 0.3 is 0 Å². The largest absolute Gasteiger partial charge is 0.494 e. The molecule has 0 saturated heterocycles. The Balaban J connectivity index is 1.78. The normalized spacial score (nSPS) is 15.5. The molecule has 1 aromatic carbocycles. The maximum atomic E-state index is 5.66. The second kappa shape index (κ2) is 5.30. The summed E-state index contributed by atoms with van der Waals surface area (Å²) in [5.74, 6) is 1.80. The summed E-state index contributed by atoms with van der Waals surface area (Å²) < 4.78 is 5.66. The van der Waals surface area contributed by atoms with Crippen LogP contribution in [-0.2, 0) is 0 Å². The van der Waals surface area contributed by atoms with Crippen LogP contribution in [0, 0.1) is 5.92 Å². The highest BCUT2D eigenvalue weighted by Crippen LogP contribution is 2.29. The van der Waals surface area contributed by atoms with Gasteiger partial charge in [0.05, 0.1) is 6.61 Å². The number of nitrogens with two attached hydrogens (primary N) is 1. The van der Waals surface area contributed by atoms with Gasteiger partial charge in [-0.1, -0.05) is 31.5 Å². The van der Waals surface area contributed by atoms with E-state index in [2.05, 4.69) is 0 Å². The van der Waals surface area contributed by atoms with Crippen molar-refractivity contribution in [1.82, 2.24) is 0 Å². The monoisotopic (exact) mass is 235 g/mol. The van der Waals surface area contributed by atoms with Crippen LogP contribution >= 0.6 is 12.2 Å². The summed E-state index contributed by atoms with van der Waals surface area (Å²) in [5, 5.41) is 0. The molecule has 2 N–H and O–H groups in total. The summed E-state index contributed by atoms with van der Waals surface area (Å²) >= 11 is 4.89. The van der Waals surface area contributed by atoms with Crippen LogP contribution in [-0.4, -0.2) is 11.6 Å². The zero-order chi connectivity index (χ0) is 11.4. The molecule has 0 amide bonds. The molecule has 0 bridgehead atoms. The van der Waals surface area contributed by atoms with Crippen molar-refractivity contribution in [2.45, 2.75) is 25.7 Å². The molecule has 0 atom stereocenters. The lowest BCUT2D eigenvalue weighted by molar-refractivity contribution is 0.222. The van der Waals surface area contributed by atoms with E-state index in [1.807, 2.05) is 24.3 Å². The van der Waals surface area contributed by atoms with Gasteiger partial charge in [-0.05, 0) is 36.6 Å². The van der Waals surface area contributed by atoms with E-state index in [1.165, 1.54) is 25.7 Å². The van der Waals surface area contributed by atoms with Gasteiger partial charge in [0.15, 0.2) is 0 Å². The van der Waals surface area contributed by atoms with Crippen LogP contribution in [0.5, 0.6) is 5.75 Å². The highest BCUT2D eigenvalue weighted by molar-refractivity contribution is 7.80. The second-order valence-electron chi connectivity index (χ2n) is 4.32. The van der Waals surface area contributed by atoms with Crippen LogP contribution in [0.15, 0.2) is 24.3 Å². The van der Waals surface area contributed by atoms with Crippen molar-refractivity contribution in [3.05, 3.63) is 29.8 Å². The van der Waals surface area contributed by atoms with Crippen LogP contribution in [0.25, 0.3) is 0 Å². The molecular weight excluding hydrogens is 218 g/mol. The number of rotatable bonds is 5. The lowest BCUT2D eigenvalue weighted by Gasteiger charge is -2.24. The third-order valence-electron chi connectivity index (χ3n) is 3.16. The Kier molecular flexibility index (Phi) is 3.78. The summed E-state index contributed by atoms with van der Waals surface area (Å²) in [7, 11) is 0. The van der Waals surface area contributed by atoms with Crippen molar-refractivity contribution in [2.24, 2.45) is 11.7 Å². The molecule has 3 heteroatoms. The molecule has 16 heavy (non-hydrogen) atoms. The van der Waals surface area contributed by atoms with Gasteiger partial charge in [-0.25, -0.2) is 0 Å². The van der Waals surface area contributed by atoms with Crippen LogP contribution in [0.2, 0.25) is 0 Å². The minimum Gasteiger partial charge on any atom is -0.494 e. The average Bonchev–Trinajstić information content (AvgIpc) is 2.22. The van der Waals surface area contributed by atoms with Crippen LogP contribution < -0.4 is 10.5 Å². The van der Waals surface area contributed by atoms with Gasteiger partial charge < -0.3 is 10.5 Å².